The van der Waals surface area contributed by atoms with Gasteiger partial charge in [0.25, 0.3) is 0 Å². The summed E-state index contributed by atoms with van der Waals surface area (Å²) in [5.41, 5.74) is 1.76. The van der Waals surface area contributed by atoms with Gasteiger partial charge in [-0.2, -0.15) is 0 Å². The van der Waals surface area contributed by atoms with Crippen molar-refractivity contribution in [1.82, 2.24) is 9.88 Å². The van der Waals surface area contributed by atoms with Crippen LogP contribution >= 0.6 is 0 Å². The van der Waals surface area contributed by atoms with Gasteiger partial charge in [0.05, 0.1) is 12.1 Å². The number of carbonyl (C=O) groups is 1. The van der Waals surface area contributed by atoms with Crippen molar-refractivity contribution >= 4 is 16.8 Å². The molecule has 1 aromatic carbocycles. The van der Waals surface area contributed by atoms with E-state index in [4.69, 9.17) is 0 Å². The Labute approximate surface area is 93.5 Å². The Kier molecular flexibility index (Phi) is 2.92. The molecule has 0 spiro atoms. The average Bonchev–Trinajstić information content (AvgIpc) is 2.72. The van der Waals surface area contributed by atoms with Gasteiger partial charge >= 0.3 is 0 Å². The highest BCUT2D eigenvalue weighted by Gasteiger charge is 2.07. The van der Waals surface area contributed by atoms with Crippen LogP contribution < -0.4 is 5.32 Å². The average molecular weight is 218 g/mol. The van der Waals surface area contributed by atoms with Gasteiger partial charge in [0.15, 0.2) is 0 Å². The van der Waals surface area contributed by atoms with Crippen LogP contribution in [0.3, 0.4) is 0 Å². The van der Waals surface area contributed by atoms with Crippen LogP contribution in [0, 0.1) is 0 Å². The zero-order chi connectivity index (χ0) is 11.5. The molecule has 0 aliphatic heterocycles. The molecule has 0 aliphatic carbocycles. The summed E-state index contributed by atoms with van der Waals surface area (Å²) in [7, 11) is 1.61. The molecule has 4 nitrogen and oxygen atoms in total. The molecular formula is C12H14N2O2. The monoisotopic (exact) mass is 218 g/mol. The largest absolute Gasteiger partial charge is 0.392 e. The minimum Gasteiger partial charge on any atom is -0.392 e. The molecule has 4 heteroatoms. The van der Waals surface area contributed by atoms with Crippen LogP contribution in [0.5, 0.6) is 0 Å². The summed E-state index contributed by atoms with van der Waals surface area (Å²) >= 11 is 0. The van der Waals surface area contributed by atoms with Gasteiger partial charge in [-0.3, -0.25) is 4.79 Å². The standard InChI is InChI=1S/C12H14N2O2/c1-13-11(16)7-14-6-5-9-3-2-4-10(8-15)12(9)14/h2-6,15H,7-8H2,1H3,(H,13,16). The van der Waals surface area contributed by atoms with Crippen LogP contribution in [0.15, 0.2) is 30.5 Å². The van der Waals surface area contributed by atoms with Gasteiger partial charge in [0.1, 0.15) is 6.54 Å². The predicted molar refractivity (Wildman–Crippen MR) is 61.9 cm³/mol. The van der Waals surface area contributed by atoms with E-state index in [0.29, 0.717) is 0 Å². The third-order valence-corrected chi connectivity index (χ3v) is 2.64. The molecule has 0 saturated heterocycles. The SMILES string of the molecule is CNC(=O)Cn1ccc2cccc(CO)c21. The molecule has 0 saturated carbocycles. The summed E-state index contributed by atoms with van der Waals surface area (Å²) in [6, 6.07) is 7.67. The number of fused-ring (bicyclic) bond motifs is 1. The van der Waals surface area contributed by atoms with Crippen molar-refractivity contribution in [2.24, 2.45) is 0 Å². The molecule has 0 fully saturated rings. The number of aliphatic hydroxyl groups excluding tert-OH is 1. The van der Waals surface area contributed by atoms with Crippen molar-refractivity contribution in [3.05, 3.63) is 36.0 Å². The number of nitrogens with zero attached hydrogens (tertiary/aromatic N) is 1. The zero-order valence-electron chi connectivity index (χ0n) is 9.10. The molecule has 1 heterocycles. The van der Waals surface area contributed by atoms with E-state index in [1.54, 1.807) is 7.05 Å². The van der Waals surface area contributed by atoms with Crippen LogP contribution in [-0.2, 0) is 17.9 Å². The Morgan fingerprint density at radius 2 is 2.25 bits per heavy atom. The van der Waals surface area contributed by atoms with Crippen LogP contribution in [0.25, 0.3) is 10.9 Å². The maximum absolute atomic E-state index is 11.3. The summed E-state index contributed by atoms with van der Waals surface area (Å²) in [6.07, 6.45) is 1.86. The van der Waals surface area contributed by atoms with Crippen LogP contribution in [0.1, 0.15) is 5.56 Å². The Morgan fingerprint density at radius 3 is 2.94 bits per heavy atom. The number of para-hydroxylation sites is 1. The lowest BCUT2D eigenvalue weighted by atomic mass is 10.1. The van der Waals surface area contributed by atoms with E-state index in [1.165, 1.54) is 0 Å². The lowest BCUT2D eigenvalue weighted by Gasteiger charge is -2.07. The van der Waals surface area contributed by atoms with Gasteiger partial charge < -0.3 is 15.0 Å². The Morgan fingerprint density at radius 1 is 1.44 bits per heavy atom. The molecule has 0 unspecified atom stereocenters. The fourth-order valence-electron chi connectivity index (χ4n) is 1.83. The fraction of sp³-hybridized carbons (Fsp3) is 0.250. The van der Waals surface area contributed by atoms with E-state index in [-0.39, 0.29) is 19.1 Å². The summed E-state index contributed by atoms with van der Waals surface area (Å²) in [5, 5.41) is 12.9. The quantitative estimate of drug-likeness (QED) is 0.803. The van der Waals surface area contributed by atoms with E-state index in [0.717, 1.165) is 16.5 Å². The van der Waals surface area contributed by atoms with E-state index >= 15 is 0 Å². The van der Waals surface area contributed by atoms with Crippen molar-refractivity contribution < 1.29 is 9.90 Å². The van der Waals surface area contributed by atoms with Gasteiger partial charge in [0, 0.05) is 18.8 Å². The molecule has 2 aromatic rings. The third-order valence-electron chi connectivity index (χ3n) is 2.64. The molecular weight excluding hydrogens is 204 g/mol. The highest BCUT2D eigenvalue weighted by molar-refractivity contribution is 5.85. The van der Waals surface area contributed by atoms with Gasteiger partial charge in [-0.05, 0) is 11.5 Å². The fourth-order valence-corrected chi connectivity index (χ4v) is 1.83. The highest BCUT2D eigenvalue weighted by atomic mass is 16.3. The Bertz CT molecular complexity index is 517. The van der Waals surface area contributed by atoms with Crippen molar-refractivity contribution in [2.75, 3.05) is 7.05 Å². The number of carbonyl (C=O) groups excluding carboxylic acids is 1. The summed E-state index contributed by atoms with van der Waals surface area (Å²) < 4.78 is 1.85. The number of aliphatic hydroxyl groups is 1. The molecule has 0 aliphatic rings. The first-order valence-corrected chi connectivity index (χ1v) is 5.14. The lowest BCUT2D eigenvalue weighted by molar-refractivity contribution is -0.121. The van der Waals surface area contributed by atoms with Crippen molar-refractivity contribution in [3.8, 4) is 0 Å². The molecule has 2 rings (SSSR count). The van der Waals surface area contributed by atoms with E-state index in [9.17, 15) is 9.90 Å². The second kappa shape index (κ2) is 4.37. The van der Waals surface area contributed by atoms with Gasteiger partial charge in [0.2, 0.25) is 5.91 Å². The van der Waals surface area contributed by atoms with Crippen molar-refractivity contribution in [2.45, 2.75) is 13.2 Å². The number of hydrogen-bond acceptors (Lipinski definition) is 2. The first-order chi connectivity index (χ1) is 7.76. The van der Waals surface area contributed by atoms with Crippen molar-refractivity contribution in [1.29, 1.82) is 0 Å². The van der Waals surface area contributed by atoms with E-state index < -0.39 is 0 Å². The number of likely N-dealkylation sites (N-methyl/N-ethyl adjacent to an activating group) is 1. The minimum absolute atomic E-state index is 0.0188. The van der Waals surface area contributed by atoms with Crippen LogP contribution in [0.4, 0.5) is 0 Å². The molecule has 1 aromatic heterocycles. The number of amides is 1. The molecule has 84 valence electrons. The molecule has 16 heavy (non-hydrogen) atoms. The third kappa shape index (κ3) is 1.79. The van der Waals surface area contributed by atoms with Crippen LogP contribution in [0.2, 0.25) is 0 Å². The zero-order valence-corrected chi connectivity index (χ0v) is 9.10. The van der Waals surface area contributed by atoms with Crippen molar-refractivity contribution in [3.63, 3.8) is 0 Å². The molecule has 0 bridgehead atoms. The van der Waals surface area contributed by atoms with Gasteiger partial charge in [-0.1, -0.05) is 18.2 Å². The summed E-state index contributed by atoms with van der Waals surface area (Å²) in [5.74, 6) is -0.0507. The normalized spacial score (nSPS) is 10.6. The Hall–Kier alpha value is -1.81. The topological polar surface area (TPSA) is 54.3 Å². The van der Waals surface area contributed by atoms with Gasteiger partial charge in [-0.25, -0.2) is 0 Å². The number of benzene rings is 1. The molecule has 0 radical (unpaired) electrons. The number of hydrogen-bond donors (Lipinski definition) is 2. The second-order valence-electron chi connectivity index (χ2n) is 3.63. The van der Waals surface area contributed by atoms with Crippen LogP contribution in [-0.4, -0.2) is 22.6 Å². The predicted octanol–water partition coefficient (Wildman–Crippen LogP) is 0.880. The van der Waals surface area contributed by atoms with E-state index in [1.807, 2.05) is 35.0 Å². The Balaban J connectivity index is 2.49. The first-order valence-electron chi connectivity index (χ1n) is 5.14. The lowest BCUT2D eigenvalue weighted by Crippen LogP contribution is -2.23. The molecule has 1 amide bonds. The molecule has 0 atom stereocenters. The summed E-state index contributed by atoms with van der Waals surface area (Å²) in [6.45, 7) is 0.256. The van der Waals surface area contributed by atoms with E-state index in [2.05, 4.69) is 5.32 Å². The highest BCUT2D eigenvalue weighted by Crippen LogP contribution is 2.20. The number of rotatable bonds is 3. The second-order valence-corrected chi connectivity index (χ2v) is 3.63. The first kappa shape index (κ1) is 10.7. The maximum atomic E-state index is 11.3. The van der Waals surface area contributed by atoms with Gasteiger partial charge in [-0.15, -0.1) is 0 Å². The summed E-state index contributed by atoms with van der Waals surface area (Å²) in [4.78, 5) is 11.3. The maximum Gasteiger partial charge on any atom is 0.239 e. The number of aromatic nitrogens is 1. The number of nitrogens with one attached hydrogen (secondary N) is 1. The smallest absolute Gasteiger partial charge is 0.239 e. The molecule has 2 N–H and O–H groups in total. The minimum atomic E-state index is -0.0507.